The third-order valence-corrected chi connectivity index (χ3v) is 6.05. The van der Waals surface area contributed by atoms with E-state index in [9.17, 15) is 9.59 Å². The van der Waals surface area contributed by atoms with Gasteiger partial charge >= 0.3 is 0 Å². The lowest BCUT2D eigenvalue weighted by molar-refractivity contribution is 0.100. The van der Waals surface area contributed by atoms with Gasteiger partial charge in [0.1, 0.15) is 5.00 Å². The number of rotatable bonds is 4. The van der Waals surface area contributed by atoms with E-state index in [0.717, 1.165) is 48.1 Å². The number of fused-ring (bicyclic) bond motifs is 1. The van der Waals surface area contributed by atoms with Crippen LogP contribution in [0.25, 0.3) is 11.4 Å². The highest BCUT2D eigenvalue weighted by Crippen LogP contribution is 2.37. The lowest BCUT2D eigenvalue weighted by atomic mass is 10.1. The van der Waals surface area contributed by atoms with E-state index in [1.165, 1.54) is 23.7 Å². The van der Waals surface area contributed by atoms with Gasteiger partial charge in [0.25, 0.3) is 11.8 Å². The second-order valence-corrected chi connectivity index (χ2v) is 7.85. The number of thiophene rings is 1. The van der Waals surface area contributed by atoms with E-state index >= 15 is 0 Å². The van der Waals surface area contributed by atoms with E-state index in [2.05, 4.69) is 15.3 Å². The van der Waals surface area contributed by atoms with Crippen molar-refractivity contribution >= 4 is 28.2 Å². The summed E-state index contributed by atoms with van der Waals surface area (Å²) in [5.41, 5.74) is 8.30. The Morgan fingerprint density at radius 2 is 1.71 bits per heavy atom. The van der Waals surface area contributed by atoms with Crippen molar-refractivity contribution in [3.8, 4) is 11.4 Å². The lowest BCUT2D eigenvalue weighted by Gasteiger charge is -2.06. The molecule has 0 saturated heterocycles. The SMILES string of the molecule is NC(=O)c1c(NC(=O)c2cnc(-c3ccccc3)nc2)sc2c1CCCCC2. The molecule has 0 spiro atoms. The van der Waals surface area contributed by atoms with Crippen molar-refractivity contribution in [2.24, 2.45) is 5.73 Å². The van der Waals surface area contributed by atoms with Gasteiger partial charge in [-0.2, -0.15) is 0 Å². The largest absolute Gasteiger partial charge is 0.365 e. The standard InChI is InChI=1S/C21H20N4O2S/c22-18(26)17-15-9-5-2-6-10-16(15)28-21(17)25-20(27)14-11-23-19(24-12-14)13-7-3-1-4-8-13/h1,3-4,7-8,11-12H,2,5-6,9-10H2,(H2,22,26)(H,25,27). The topological polar surface area (TPSA) is 98.0 Å². The number of aryl methyl sites for hydroxylation is 1. The van der Waals surface area contributed by atoms with E-state index in [4.69, 9.17) is 5.73 Å². The number of anilines is 1. The maximum absolute atomic E-state index is 12.7. The average Bonchev–Trinajstić information content (AvgIpc) is 2.89. The van der Waals surface area contributed by atoms with E-state index in [-0.39, 0.29) is 5.91 Å². The van der Waals surface area contributed by atoms with Crippen LogP contribution in [0.3, 0.4) is 0 Å². The normalized spacial score (nSPS) is 13.4. The summed E-state index contributed by atoms with van der Waals surface area (Å²) in [6.07, 6.45) is 8.01. The highest BCUT2D eigenvalue weighted by Gasteiger charge is 2.24. The Balaban J connectivity index is 1.58. The van der Waals surface area contributed by atoms with Crippen molar-refractivity contribution in [2.45, 2.75) is 32.1 Å². The summed E-state index contributed by atoms with van der Waals surface area (Å²) in [5.74, 6) is -0.290. The summed E-state index contributed by atoms with van der Waals surface area (Å²) >= 11 is 1.45. The maximum Gasteiger partial charge on any atom is 0.259 e. The summed E-state index contributed by atoms with van der Waals surface area (Å²) in [7, 11) is 0. The molecule has 2 heterocycles. The Kier molecular flexibility index (Phi) is 5.16. The minimum atomic E-state index is -0.495. The van der Waals surface area contributed by atoms with Gasteiger partial charge < -0.3 is 11.1 Å². The van der Waals surface area contributed by atoms with Crippen LogP contribution in [0.5, 0.6) is 0 Å². The van der Waals surface area contributed by atoms with E-state index in [1.54, 1.807) is 0 Å². The number of amides is 2. The number of primary amides is 1. The molecule has 6 nitrogen and oxygen atoms in total. The molecule has 0 saturated carbocycles. The summed E-state index contributed by atoms with van der Waals surface area (Å²) in [6, 6.07) is 9.56. The van der Waals surface area contributed by atoms with Gasteiger partial charge in [0, 0.05) is 22.8 Å². The monoisotopic (exact) mass is 392 g/mol. The van der Waals surface area contributed by atoms with Crippen molar-refractivity contribution in [3.05, 3.63) is 64.3 Å². The number of carbonyl (C=O) groups excluding carboxylic acids is 2. The molecule has 0 radical (unpaired) electrons. The Hall–Kier alpha value is -3.06. The molecule has 28 heavy (non-hydrogen) atoms. The Labute approximate surface area is 166 Å². The number of aromatic nitrogens is 2. The zero-order chi connectivity index (χ0) is 19.5. The Bertz CT molecular complexity index is 1010. The van der Waals surface area contributed by atoms with Gasteiger partial charge in [-0.15, -0.1) is 11.3 Å². The molecular formula is C21H20N4O2S. The smallest absolute Gasteiger partial charge is 0.259 e. The first-order valence-electron chi connectivity index (χ1n) is 9.26. The van der Waals surface area contributed by atoms with Crippen molar-refractivity contribution in [1.82, 2.24) is 9.97 Å². The predicted octanol–water partition coefficient (Wildman–Crippen LogP) is 3.83. The fourth-order valence-electron chi connectivity index (χ4n) is 3.45. The lowest BCUT2D eigenvalue weighted by Crippen LogP contribution is -2.18. The molecule has 1 aliphatic rings. The first kappa shape index (κ1) is 18.3. The van der Waals surface area contributed by atoms with Gasteiger partial charge in [0.15, 0.2) is 5.82 Å². The van der Waals surface area contributed by atoms with E-state index in [0.29, 0.717) is 22.0 Å². The van der Waals surface area contributed by atoms with Gasteiger partial charge in [-0.1, -0.05) is 36.8 Å². The third-order valence-electron chi connectivity index (χ3n) is 4.84. The fraction of sp³-hybridized carbons (Fsp3) is 0.238. The van der Waals surface area contributed by atoms with Crippen LogP contribution >= 0.6 is 11.3 Å². The van der Waals surface area contributed by atoms with Crippen LogP contribution in [-0.4, -0.2) is 21.8 Å². The van der Waals surface area contributed by atoms with Crippen LogP contribution in [0, 0.1) is 0 Å². The Morgan fingerprint density at radius 3 is 2.43 bits per heavy atom. The molecule has 3 aromatic rings. The zero-order valence-electron chi connectivity index (χ0n) is 15.3. The average molecular weight is 392 g/mol. The number of benzene rings is 1. The molecule has 1 aromatic carbocycles. The first-order valence-corrected chi connectivity index (χ1v) is 10.1. The van der Waals surface area contributed by atoms with E-state index < -0.39 is 5.91 Å². The van der Waals surface area contributed by atoms with Crippen molar-refractivity contribution in [1.29, 1.82) is 0 Å². The number of nitrogens with two attached hydrogens (primary N) is 1. The molecule has 142 valence electrons. The summed E-state index contributed by atoms with van der Waals surface area (Å²) in [6.45, 7) is 0. The summed E-state index contributed by atoms with van der Waals surface area (Å²) in [5, 5.41) is 3.37. The highest BCUT2D eigenvalue weighted by atomic mass is 32.1. The number of nitrogens with one attached hydrogen (secondary N) is 1. The number of carbonyl (C=O) groups is 2. The molecule has 0 unspecified atom stereocenters. The maximum atomic E-state index is 12.7. The number of nitrogens with zero attached hydrogens (tertiary/aromatic N) is 2. The van der Waals surface area contributed by atoms with Crippen molar-refractivity contribution < 1.29 is 9.59 Å². The van der Waals surface area contributed by atoms with Gasteiger partial charge in [-0.25, -0.2) is 9.97 Å². The van der Waals surface area contributed by atoms with Gasteiger partial charge in [0.2, 0.25) is 0 Å². The van der Waals surface area contributed by atoms with Crippen LogP contribution in [0.1, 0.15) is 50.4 Å². The molecule has 0 atom stereocenters. The van der Waals surface area contributed by atoms with Crippen LogP contribution < -0.4 is 11.1 Å². The molecule has 2 aromatic heterocycles. The first-order chi connectivity index (χ1) is 13.6. The summed E-state index contributed by atoms with van der Waals surface area (Å²) < 4.78 is 0. The van der Waals surface area contributed by atoms with Gasteiger partial charge in [-0.3, -0.25) is 9.59 Å². The van der Waals surface area contributed by atoms with Gasteiger partial charge in [-0.05, 0) is 31.2 Å². The minimum absolute atomic E-state index is 0.332. The highest BCUT2D eigenvalue weighted by molar-refractivity contribution is 7.17. The molecular weight excluding hydrogens is 372 g/mol. The molecule has 2 amide bonds. The van der Waals surface area contributed by atoms with Crippen LogP contribution in [0.15, 0.2) is 42.7 Å². The zero-order valence-corrected chi connectivity index (χ0v) is 16.1. The van der Waals surface area contributed by atoms with Crippen LogP contribution in [0.2, 0.25) is 0 Å². The molecule has 1 aliphatic carbocycles. The summed E-state index contributed by atoms with van der Waals surface area (Å²) in [4.78, 5) is 34.4. The predicted molar refractivity (Wildman–Crippen MR) is 110 cm³/mol. The van der Waals surface area contributed by atoms with Gasteiger partial charge in [0.05, 0.1) is 11.1 Å². The third kappa shape index (κ3) is 3.66. The van der Waals surface area contributed by atoms with Crippen molar-refractivity contribution in [2.75, 3.05) is 5.32 Å². The molecule has 3 N–H and O–H groups in total. The Morgan fingerprint density at radius 1 is 1.00 bits per heavy atom. The molecule has 7 heteroatoms. The quantitative estimate of drug-likeness (QED) is 0.659. The molecule has 0 aliphatic heterocycles. The number of hydrogen-bond acceptors (Lipinski definition) is 5. The second kappa shape index (κ2) is 7.90. The molecule has 0 fully saturated rings. The minimum Gasteiger partial charge on any atom is -0.365 e. The molecule has 4 rings (SSSR count). The molecule has 0 bridgehead atoms. The number of hydrogen-bond donors (Lipinski definition) is 2. The van der Waals surface area contributed by atoms with Crippen molar-refractivity contribution in [3.63, 3.8) is 0 Å². The van der Waals surface area contributed by atoms with E-state index in [1.807, 2.05) is 30.3 Å². The fourth-order valence-corrected chi connectivity index (χ4v) is 4.74. The van der Waals surface area contributed by atoms with Crippen LogP contribution in [-0.2, 0) is 12.8 Å². The second-order valence-electron chi connectivity index (χ2n) is 6.75. The van der Waals surface area contributed by atoms with Crippen LogP contribution in [0.4, 0.5) is 5.00 Å².